The van der Waals surface area contributed by atoms with Gasteiger partial charge in [-0.3, -0.25) is 9.59 Å². The third-order valence-corrected chi connectivity index (χ3v) is 6.89. The topological polar surface area (TPSA) is 113 Å². The number of carbonyl (C=O) groups is 2. The van der Waals surface area contributed by atoms with Gasteiger partial charge in [0, 0.05) is 47.2 Å². The third-order valence-electron chi connectivity index (χ3n) is 5.92. The number of pyridine rings is 1. The van der Waals surface area contributed by atoms with Gasteiger partial charge in [0.1, 0.15) is 11.1 Å². The van der Waals surface area contributed by atoms with Crippen LogP contribution in [-0.2, 0) is 9.59 Å². The van der Waals surface area contributed by atoms with E-state index in [1.165, 1.54) is 18.7 Å². The van der Waals surface area contributed by atoms with Gasteiger partial charge in [-0.1, -0.05) is 42.5 Å². The number of amides is 2. The second-order valence-electron chi connectivity index (χ2n) is 8.66. The first-order valence-electron chi connectivity index (χ1n) is 12.5. The Morgan fingerprint density at radius 3 is 2.23 bits per heavy atom. The van der Waals surface area contributed by atoms with Crippen molar-refractivity contribution in [3.8, 4) is 40.0 Å². The quantitative estimate of drug-likeness (QED) is 0.219. The molecule has 8 nitrogen and oxygen atoms in total. The van der Waals surface area contributed by atoms with Crippen molar-refractivity contribution in [3.05, 3.63) is 84.4 Å². The fraction of sp³-hybridized carbons (Fsp3) is 0.161. The molecular weight excluding hydrogens is 524 g/mol. The highest BCUT2D eigenvalue weighted by Gasteiger charge is 2.20. The Kier molecular flexibility index (Phi) is 9.39. The van der Waals surface area contributed by atoms with Crippen LogP contribution in [0.5, 0.6) is 11.5 Å². The maximum atomic E-state index is 12.6. The molecule has 1 aromatic heterocycles. The summed E-state index contributed by atoms with van der Waals surface area (Å²) >= 11 is 1.35. The molecule has 202 valence electrons. The summed E-state index contributed by atoms with van der Waals surface area (Å²) in [5.74, 6) is 1.14. The van der Waals surface area contributed by atoms with Crippen molar-refractivity contribution in [3.63, 3.8) is 0 Å². The monoisotopic (exact) mass is 552 g/mol. The lowest BCUT2D eigenvalue weighted by atomic mass is 9.98. The molecule has 0 aliphatic carbocycles. The number of nitrogens with one attached hydrogen (secondary N) is 2. The molecule has 0 aliphatic heterocycles. The molecule has 0 unspecified atom stereocenters. The summed E-state index contributed by atoms with van der Waals surface area (Å²) in [6.45, 7) is 1.44. The zero-order valence-electron chi connectivity index (χ0n) is 22.4. The predicted octanol–water partition coefficient (Wildman–Crippen LogP) is 6.38. The van der Waals surface area contributed by atoms with E-state index in [1.54, 1.807) is 44.6 Å². The SMILES string of the molecule is COc1cccc(-c2cc(-c3ccccc3)nc(SCCC(=O)Nc3ccc(NC(C)=O)cc3)c2C#N)c1OC. The number of nitriles is 1. The summed E-state index contributed by atoms with van der Waals surface area (Å²) < 4.78 is 11.2. The van der Waals surface area contributed by atoms with E-state index in [2.05, 4.69) is 16.7 Å². The van der Waals surface area contributed by atoms with Crippen LogP contribution < -0.4 is 20.1 Å². The average molecular weight is 553 g/mol. The van der Waals surface area contributed by atoms with Gasteiger partial charge in [0.15, 0.2) is 11.5 Å². The van der Waals surface area contributed by atoms with E-state index in [4.69, 9.17) is 14.5 Å². The minimum Gasteiger partial charge on any atom is -0.493 e. The van der Waals surface area contributed by atoms with E-state index >= 15 is 0 Å². The number of aromatic nitrogens is 1. The summed E-state index contributed by atoms with van der Waals surface area (Å²) in [6, 6.07) is 26.3. The first-order valence-corrected chi connectivity index (χ1v) is 13.4. The second-order valence-corrected chi connectivity index (χ2v) is 9.74. The van der Waals surface area contributed by atoms with E-state index in [1.807, 2.05) is 48.5 Å². The van der Waals surface area contributed by atoms with Crippen molar-refractivity contribution in [2.45, 2.75) is 18.4 Å². The van der Waals surface area contributed by atoms with Crippen molar-refractivity contribution >= 4 is 35.0 Å². The molecule has 4 aromatic rings. The largest absolute Gasteiger partial charge is 0.493 e. The van der Waals surface area contributed by atoms with E-state index in [-0.39, 0.29) is 18.2 Å². The van der Waals surface area contributed by atoms with Crippen LogP contribution in [0.4, 0.5) is 11.4 Å². The zero-order chi connectivity index (χ0) is 28.5. The summed E-state index contributed by atoms with van der Waals surface area (Å²) in [6.07, 6.45) is 0.206. The maximum absolute atomic E-state index is 12.6. The van der Waals surface area contributed by atoms with Crippen molar-refractivity contribution in [1.82, 2.24) is 4.98 Å². The van der Waals surface area contributed by atoms with E-state index in [0.29, 0.717) is 56.0 Å². The van der Waals surface area contributed by atoms with E-state index in [9.17, 15) is 14.9 Å². The highest BCUT2D eigenvalue weighted by atomic mass is 32.2. The normalized spacial score (nSPS) is 10.3. The van der Waals surface area contributed by atoms with Crippen LogP contribution >= 0.6 is 11.8 Å². The number of methoxy groups -OCH3 is 2. The average Bonchev–Trinajstić information content (AvgIpc) is 2.97. The van der Waals surface area contributed by atoms with Gasteiger partial charge in [-0.2, -0.15) is 5.26 Å². The molecule has 0 fully saturated rings. The highest BCUT2D eigenvalue weighted by molar-refractivity contribution is 7.99. The van der Waals surface area contributed by atoms with E-state index < -0.39 is 0 Å². The lowest BCUT2D eigenvalue weighted by molar-refractivity contribution is -0.116. The molecule has 2 amide bonds. The Balaban J connectivity index is 1.60. The Morgan fingerprint density at radius 1 is 0.900 bits per heavy atom. The van der Waals surface area contributed by atoms with E-state index in [0.717, 1.165) is 5.56 Å². The summed E-state index contributed by atoms with van der Waals surface area (Å²) in [5.41, 5.74) is 4.64. The first kappa shape index (κ1) is 28.2. The summed E-state index contributed by atoms with van der Waals surface area (Å²) in [5, 5.41) is 16.3. The molecule has 4 rings (SSSR count). The smallest absolute Gasteiger partial charge is 0.225 e. The molecule has 0 bridgehead atoms. The number of hydrogen-bond donors (Lipinski definition) is 2. The van der Waals surface area contributed by atoms with Gasteiger partial charge in [-0.05, 0) is 36.4 Å². The number of ether oxygens (including phenoxy) is 2. The molecule has 9 heteroatoms. The molecule has 0 radical (unpaired) electrons. The first-order chi connectivity index (χ1) is 19.4. The second kappa shape index (κ2) is 13.3. The lowest BCUT2D eigenvalue weighted by Crippen LogP contribution is -2.12. The van der Waals surface area contributed by atoms with Crippen LogP contribution in [-0.4, -0.2) is 36.8 Å². The molecule has 0 saturated heterocycles. The molecule has 40 heavy (non-hydrogen) atoms. The molecule has 0 atom stereocenters. The minimum absolute atomic E-state index is 0.163. The number of carbonyl (C=O) groups excluding carboxylic acids is 2. The van der Waals surface area contributed by atoms with Gasteiger partial charge >= 0.3 is 0 Å². The van der Waals surface area contributed by atoms with Crippen LogP contribution in [0, 0.1) is 11.3 Å². The van der Waals surface area contributed by atoms with Gasteiger partial charge < -0.3 is 20.1 Å². The standard InChI is InChI=1S/C31H28N4O4S/c1-20(36)33-22-12-14-23(15-13-22)34-29(37)16-17-40-31-26(19-32)25(18-27(35-31)21-8-5-4-6-9-21)24-10-7-11-28(38-2)30(24)39-3/h4-15,18H,16-17H2,1-3H3,(H,33,36)(H,34,37). The number of para-hydroxylation sites is 1. The van der Waals surface area contributed by atoms with Crippen LogP contribution in [0.2, 0.25) is 0 Å². The molecule has 0 spiro atoms. The summed E-state index contributed by atoms with van der Waals surface area (Å²) in [4.78, 5) is 28.7. The molecular formula is C31H28N4O4S. The number of anilines is 2. The van der Waals surface area contributed by atoms with Gasteiger partial charge in [0.25, 0.3) is 0 Å². The molecule has 0 saturated carbocycles. The minimum atomic E-state index is -0.174. The lowest BCUT2D eigenvalue weighted by Gasteiger charge is -2.16. The Hall–Kier alpha value is -4.81. The number of nitrogens with zero attached hydrogens (tertiary/aromatic N) is 2. The van der Waals surface area contributed by atoms with Crippen LogP contribution in [0.1, 0.15) is 18.9 Å². The Morgan fingerprint density at radius 2 is 1.60 bits per heavy atom. The molecule has 3 aromatic carbocycles. The number of benzene rings is 3. The highest BCUT2D eigenvalue weighted by Crippen LogP contribution is 2.42. The van der Waals surface area contributed by atoms with Gasteiger partial charge in [-0.25, -0.2) is 4.98 Å². The molecule has 2 N–H and O–H groups in total. The molecule has 0 aliphatic rings. The Bertz CT molecular complexity index is 1550. The van der Waals surface area contributed by atoms with Gasteiger partial charge in [-0.15, -0.1) is 11.8 Å². The number of thioether (sulfide) groups is 1. The molecule has 1 heterocycles. The van der Waals surface area contributed by atoms with Crippen molar-refractivity contribution in [2.24, 2.45) is 0 Å². The van der Waals surface area contributed by atoms with Crippen LogP contribution in [0.25, 0.3) is 22.4 Å². The van der Waals surface area contributed by atoms with Gasteiger partial charge in [0.2, 0.25) is 11.8 Å². The van der Waals surface area contributed by atoms with Gasteiger partial charge in [0.05, 0.1) is 25.5 Å². The maximum Gasteiger partial charge on any atom is 0.225 e. The Labute approximate surface area is 237 Å². The predicted molar refractivity (Wildman–Crippen MR) is 158 cm³/mol. The van der Waals surface area contributed by atoms with Crippen LogP contribution in [0.3, 0.4) is 0 Å². The number of rotatable bonds is 10. The van der Waals surface area contributed by atoms with Crippen molar-refractivity contribution in [1.29, 1.82) is 5.26 Å². The number of hydrogen-bond acceptors (Lipinski definition) is 7. The summed E-state index contributed by atoms with van der Waals surface area (Å²) in [7, 11) is 3.13. The fourth-order valence-electron chi connectivity index (χ4n) is 4.11. The fourth-order valence-corrected chi connectivity index (χ4v) is 5.05. The third kappa shape index (κ3) is 6.79. The zero-order valence-corrected chi connectivity index (χ0v) is 23.2. The van der Waals surface area contributed by atoms with Crippen molar-refractivity contribution < 1.29 is 19.1 Å². The van der Waals surface area contributed by atoms with Crippen molar-refractivity contribution in [2.75, 3.05) is 30.6 Å². The van der Waals surface area contributed by atoms with Crippen LogP contribution in [0.15, 0.2) is 83.9 Å².